The van der Waals surface area contributed by atoms with Gasteiger partial charge in [0.25, 0.3) is 0 Å². The molecule has 0 aliphatic rings. The van der Waals surface area contributed by atoms with Crippen LogP contribution in [0.5, 0.6) is 0 Å². The Morgan fingerprint density at radius 1 is 1.05 bits per heavy atom. The quantitative estimate of drug-likeness (QED) is 0.813. The van der Waals surface area contributed by atoms with E-state index >= 15 is 0 Å². The van der Waals surface area contributed by atoms with E-state index in [1.165, 1.54) is 30.3 Å². The van der Waals surface area contributed by atoms with E-state index in [1.54, 1.807) is 30.3 Å². The van der Waals surface area contributed by atoms with Crippen LogP contribution in [0, 0.1) is 11.3 Å². The van der Waals surface area contributed by atoms with Crippen LogP contribution in [0.15, 0.2) is 64.4 Å². The maximum atomic E-state index is 12.3. The van der Waals surface area contributed by atoms with Gasteiger partial charge in [-0.25, -0.2) is 8.42 Å². The fourth-order valence-corrected chi connectivity index (χ4v) is 2.90. The summed E-state index contributed by atoms with van der Waals surface area (Å²) >= 11 is 5.73. The molecule has 0 amide bonds. The van der Waals surface area contributed by atoms with Crippen LogP contribution in [0.25, 0.3) is 6.08 Å². The minimum absolute atomic E-state index is 0.0469. The van der Waals surface area contributed by atoms with E-state index in [-0.39, 0.29) is 9.80 Å². The van der Waals surface area contributed by atoms with E-state index in [2.05, 4.69) is 0 Å². The van der Waals surface area contributed by atoms with Crippen LogP contribution in [0.2, 0.25) is 5.02 Å². The van der Waals surface area contributed by atoms with Gasteiger partial charge in [-0.3, -0.25) is 0 Å². The number of benzene rings is 2. The number of allylic oxidation sites excluding steroid dienone is 1. The zero-order valence-electron chi connectivity index (χ0n) is 10.3. The van der Waals surface area contributed by atoms with Crippen molar-refractivity contribution >= 4 is 27.5 Å². The first-order valence-corrected chi connectivity index (χ1v) is 7.57. The van der Waals surface area contributed by atoms with Crippen molar-refractivity contribution in [1.29, 1.82) is 5.26 Å². The van der Waals surface area contributed by atoms with E-state index in [9.17, 15) is 8.42 Å². The smallest absolute Gasteiger partial charge is 0.216 e. The molecular formula is C15H10ClNO2S. The Kier molecular flexibility index (Phi) is 4.23. The molecule has 5 heteroatoms. The van der Waals surface area contributed by atoms with Crippen molar-refractivity contribution in [2.24, 2.45) is 0 Å². The van der Waals surface area contributed by atoms with E-state index in [0.29, 0.717) is 10.6 Å². The third-order valence-corrected chi connectivity index (χ3v) is 4.55. The lowest BCUT2D eigenvalue weighted by Gasteiger charge is -2.03. The van der Waals surface area contributed by atoms with Crippen LogP contribution in [-0.2, 0) is 9.84 Å². The van der Waals surface area contributed by atoms with Gasteiger partial charge in [-0.05, 0) is 35.9 Å². The first kappa shape index (κ1) is 14.3. The van der Waals surface area contributed by atoms with Crippen LogP contribution in [0.4, 0.5) is 0 Å². The molecule has 2 aromatic rings. The Balaban J connectivity index is 2.49. The summed E-state index contributed by atoms with van der Waals surface area (Å²) in [6.45, 7) is 0. The fourth-order valence-electron chi connectivity index (χ4n) is 1.61. The zero-order chi connectivity index (χ0) is 14.6. The molecule has 2 aromatic carbocycles. The molecule has 3 nitrogen and oxygen atoms in total. The van der Waals surface area contributed by atoms with Crippen LogP contribution in [0.3, 0.4) is 0 Å². The summed E-state index contributed by atoms with van der Waals surface area (Å²) in [7, 11) is -3.82. The second-order valence-electron chi connectivity index (χ2n) is 3.99. The predicted molar refractivity (Wildman–Crippen MR) is 78.7 cm³/mol. The van der Waals surface area contributed by atoms with Crippen LogP contribution < -0.4 is 0 Å². The van der Waals surface area contributed by atoms with Crippen LogP contribution in [-0.4, -0.2) is 8.42 Å². The number of hydrogen-bond donors (Lipinski definition) is 0. The molecule has 0 bridgehead atoms. The second-order valence-corrected chi connectivity index (χ2v) is 6.34. The predicted octanol–water partition coefficient (Wildman–Crippen LogP) is 3.68. The first-order valence-electron chi connectivity index (χ1n) is 5.71. The van der Waals surface area contributed by atoms with Crippen molar-refractivity contribution in [3.05, 3.63) is 70.1 Å². The van der Waals surface area contributed by atoms with Gasteiger partial charge in [-0.2, -0.15) is 5.26 Å². The highest BCUT2D eigenvalue weighted by Crippen LogP contribution is 2.22. The van der Waals surface area contributed by atoms with Crippen LogP contribution >= 0.6 is 11.6 Å². The van der Waals surface area contributed by atoms with Crippen molar-refractivity contribution in [3.8, 4) is 6.07 Å². The van der Waals surface area contributed by atoms with Gasteiger partial charge in [0.05, 0.1) is 4.90 Å². The molecule has 0 aromatic heterocycles. The Morgan fingerprint density at radius 3 is 2.20 bits per heavy atom. The SMILES string of the molecule is N#CC(=Cc1ccccc1)S(=O)(=O)c1ccc(Cl)cc1. The number of rotatable bonds is 3. The average Bonchev–Trinajstić information content (AvgIpc) is 2.46. The van der Waals surface area contributed by atoms with E-state index < -0.39 is 9.84 Å². The molecule has 0 unspecified atom stereocenters. The third-order valence-electron chi connectivity index (χ3n) is 2.62. The molecule has 0 atom stereocenters. The lowest BCUT2D eigenvalue weighted by atomic mass is 10.2. The van der Waals surface area contributed by atoms with Gasteiger partial charge in [-0.15, -0.1) is 0 Å². The molecule has 0 saturated carbocycles. The molecule has 0 radical (unpaired) electrons. The first-order chi connectivity index (χ1) is 9.54. The highest BCUT2D eigenvalue weighted by molar-refractivity contribution is 7.95. The van der Waals surface area contributed by atoms with Crippen molar-refractivity contribution in [3.63, 3.8) is 0 Å². The highest BCUT2D eigenvalue weighted by atomic mass is 35.5. The Hall–Kier alpha value is -2.09. The monoisotopic (exact) mass is 303 g/mol. The molecular weight excluding hydrogens is 294 g/mol. The standard InChI is InChI=1S/C15H10ClNO2S/c16-13-6-8-14(9-7-13)20(18,19)15(11-17)10-12-4-2-1-3-5-12/h1-10H. The highest BCUT2D eigenvalue weighted by Gasteiger charge is 2.20. The summed E-state index contributed by atoms with van der Waals surface area (Å²) in [6, 6.07) is 16.3. The fraction of sp³-hybridized carbons (Fsp3) is 0. The largest absolute Gasteiger partial charge is 0.218 e. The lowest BCUT2D eigenvalue weighted by Crippen LogP contribution is -2.03. The van der Waals surface area contributed by atoms with Gasteiger partial charge in [0.2, 0.25) is 9.84 Å². The lowest BCUT2D eigenvalue weighted by molar-refractivity contribution is 0.603. The Bertz CT molecular complexity index is 773. The molecule has 0 heterocycles. The summed E-state index contributed by atoms with van der Waals surface area (Å²) < 4.78 is 24.7. The zero-order valence-corrected chi connectivity index (χ0v) is 11.9. The third kappa shape index (κ3) is 3.08. The molecule has 0 saturated heterocycles. The molecule has 0 N–H and O–H groups in total. The summed E-state index contributed by atoms with van der Waals surface area (Å²) in [5.41, 5.74) is 0.654. The van der Waals surface area contributed by atoms with Crippen LogP contribution in [0.1, 0.15) is 5.56 Å². The van der Waals surface area contributed by atoms with Crippen molar-refractivity contribution in [1.82, 2.24) is 0 Å². The molecule has 20 heavy (non-hydrogen) atoms. The molecule has 0 spiro atoms. The maximum Gasteiger partial charge on any atom is 0.216 e. The van der Waals surface area contributed by atoms with Gasteiger partial charge in [0.15, 0.2) is 0 Å². The van der Waals surface area contributed by atoms with Gasteiger partial charge in [0.1, 0.15) is 11.0 Å². The van der Waals surface area contributed by atoms with Crippen molar-refractivity contribution in [2.75, 3.05) is 0 Å². The number of nitrogens with zero attached hydrogens (tertiary/aromatic N) is 1. The number of halogens is 1. The van der Waals surface area contributed by atoms with Crippen molar-refractivity contribution in [2.45, 2.75) is 4.90 Å². The van der Waals surface area contributed by atoms with E-state index in [4.69, 9.17) is 16.9 Å². The molecule has 0 aliphatic carbocycles. The summed E-state index contributed by atoms with van der Waals surface area (Å²) in [4.78, 5) is -0.253. The molecule has 0 aliphatic heterocycles. The normalized spacial score (nSPS) is 11.9. The number of nitriles is 1. The molecule has 2 rings (SSSR count). The van der Waals surface area contributed by atoms with Gasteiger partial charge in [0, 0.05) is 5.02 Å². The number of hydrogen-bond acceptors (Lipinski definition) is 3. The van der Waals surface area contributed by atoms with E-state index in [0.717, 1.165) is 0 Å². The minimum Gasteiger partial charge on any atom is -0.218 e. The summed E-state index contributed by atoms with van der Waals surface area (Å²) in [5.74, 6) is 0. The Morgan fingerprint density at radius 2 is 1.65 bits per heavy atom. The van der Waals surface area contributed by atoms with Gasteiger partial charge >= 0.3 is 0 Å². The average molecular weight is 304 g/mol. The van der Waals surface area contributed by atoms with Gasteiger partial charge < -0.3 is 0 Å². The maximum absolute atomic E-state index is 12.3. The van der Waals surface area contributed by atoms with E-state index in [1.807, 2.05) is 6.07 Å². The van der Waals surface area contributed by atoms with Gasteiger partial charge in [-0.1, -0.05) is 41.9 Å². The molecule has 100 valence electrons. The summed E-state index contributed by atoms with van der Waals surface area (Å²) in [6.07, 6.45) is 1.35. The summed E-state index contributed by atoms with van der Waals surface area (Å²) in [5, 5.41) is 9.55. The molecule has 0 fully saturated rings. The number of sulfone groups is 1. The topological polar surface area (TPSA) is 57.9 Å². The van der Waals surface area contributed by atoms with Crippen molar-refractivity contribution < 1.29 is 8.42 Å². The second kappa shape index (κ2) is 5.91. The Labute approximate surface area is 122 Å². The minimum atomic E-state index is -3.82.